The van der Waals surface area contributed by atoms with Crippen molar-refractivity contribution in [1.29, 1.82) is 0 Å². The molecule has 0 unspecified atom stereocenters. The molecule has 21 heavy (non-hydrogen) atoms. The van der Waals surface area contributed by atoms with Gasteiger partial charge in [0.1, 0.15) is 6.54 Å². The Morgan fingerprint density at radius 2 is 2.10 bits per heavy atom. The highest BCUT2D eigenvalue weighted by molar-refractivity contribution is 6.04. The number of likely N-dealkylation sites (N-methyl/N-ethyl adjacent to an activating group) is 1. The fourth-order valence-electron chi connectivity index (χ4n) is 1.62. The van der Waals surface area contributed by atoms with Crippen LogP contribution in [-0.4, -0.2) is 28.6 Å². The molecule has 0 aliphatic rings. The van der Waals surface area contributed by atoms with Gasteiger partial charge in [0, 0.05) is 13.2 Å². The Labute approximate surface area is 118 Å². The summed E-state index contributed by atoms with van der Waals surface area (Å²) in [4.78, 5) is 23.0. The van der Waals surface area contributed by atoms with Gasteiger partial charge < -0.3 is 10.6 Å². The van der Waals surface area contributed by atoms with E-state index in [4.69, 9.17) is 0 Å². The van der Waals surface area contributed by atoms with E-state index in [1.165, 1.54) is 36.3 Å². The average molecular weight is 294 g/mol. The van der Waals surface area contributed by atoms with Crippen molar-refractivity contribution in [2.75, 3.05) is 12.4 Å². The number of nitrogens with zero attached hydrogens (tertiary/aromatic N) is 2. The van der Waals surface area contributed by atoms with E-state index in [0.29, 0.717) is 0 Å². The third kappa shape index (κ3) is 3.41. The molecule has 2 rings (SSSR count). The molecule has 0 saturated heterocycles. The van der Waals surface area contributed by atoms with Gasteiger partial charge >= 0.3 is 0 Å². The maximum Gasteiger partial charge on any atom is 0.258 e. The molecule has 2 amide bonds. The quantitative estimate of drug-likeness (QED) is 0.888. The molecule has 110 valence electrons. The Kier molecular flexibility index (Phi) is 4.27. The number of nitrogens with one attached hydrogen (secondary N) is 2. The predicted molar refractivity (Wildman–Crippen MR) is 70.6 cm³/mol. The molecule has 2 N–H and O–H groups in total. The minimum Gasteiger partial charge on any atom is -0.358 e. The molecular formula is C13H12F2N4O2. The van der Waals surface area contributed by atoms with E-state index in [-0.39, 0.29) is 18.1 Å². The lowest BCUT2D eigenvalue weighted by Crippen LogP contribution is -2.23. The topological polar surface area (TPSA) is 76.0 Å². The maximum absolute atomic E-state index is 13.5. The van der Waals surface area contributed by atoms with Crippen molar-refractivity contribution in [2.24, 2.45) is 0 Å². The van der Waals surface area contributed by atoms with E-state index in [9.17, 15) is 18.4 Å². The predicted octanol–water partition coefficient (Wildman–Crippen LogP) is 1.16. The van der Waals surface area contributed by atoms with Gasteiger partial charge in [-0.05, 0) is 12.1 Å². The summed E-state index contributed by atoms with van der Waals surface area (Å²) in [5.41, 5.74) is -0.137. The summed E-state index contributed by atoms with van der Waals surface area (Å²) >= 11 is 0. The molecule has 0 atom stereocenters. The largest absolute Gasteiger partial charge is 0.358 e. The zero-order chi connectivity index (χ0) is 15.4. The zero-order valence-electron chi connectivity index (χ0n) is 11.1. The Morgan fingerprint density at radius 3 is 2.81 bits per heavy atom. The Hall–Kier alpha value is -2.77. The summed E-state index contributed by atoms with van der Waals surface area (Å²) < 4.78 is 27.8. The molecule has 0 radical (unpaired) electrons. The van der Waals surface area contributed by atoms with Crippen LogP contribution in [0.25, 0.3) is 0 Å². The summed E-state index contributed by atoms with van der Waals surface area (Å²) in [6.45, 7) is -0.0132. The fraction of sp³-hybridized carbons (Fsp3) is 0.154. The highest BCUT2D eigenvalue weighted by Gasteiger charge is 2.15. The normalized spacial score (nSPS) is 10.2. The Bertz CT molecular complexity index is 685. The number of benzene rings is 1. The van der Waals surface area contributed by atoms with Crippen molar-refractivity contribution >= 4 is 17.5 Å². The number of anilines is 1. The Morgan fingerprint density at radius 1 is 1.33 bits per heavy atom. The van der Waals surface area contributed by atoms with Crippen LogP contribution in [-0.2, 0) is 11.3 Å². The molecule has 6 nitrogen and oxygen atoms in total. The first-order valence-electron chi connectivity index (χ1n) is 5.99. The third-order valence-corrected chi connectivity index (χ3v) is 2.67. The number of hydrogen-bond acceptors (Lipinski definition) is 3. The van der Waals surface area contributed by atoms with Crippen LogP contribution >= 0.6 is 0 Å². The Balaban J connectivity index is 2.09. The van der Waals surface area contributed by atoms with E-state index >= 15 is 0 Å². The van der Waals surface area contributed by atoms with Crippen molar-refractivity contribution in [2.45, 2.75) is 6.54 Å². The van der Waals surface area contributed by atoms with Crippen LogP contribution in [0.15, 0.2) is 30.6 Å². The summed E-state index contributed by atoms with van der Waals surface area (Å²) in [5, 5.41) is 8.67. The number of hydrogen-bond donors (Lipinski definition) is 2. The van der Waals surface area contributed by atoms with Gasteiger partial charge in [-0.3, -0.25) is 14.3 Å². The monoisotopic (exact) mass is 294 g/mol. The lowest BCUT2D eigenvalue weighted by atomic mass is 10.2. The first-order valence-corrected chi connectivity index (χ1v) is 5.99. The van der Waals surface area contributed by atoms with E-state index in [0.717, 1.165) is 6.07 Å². The number of carbonyl (C=O) groups is 2. The molecule has 0 fully saturated rings. The van der Waals surface area contributed by atoms with Crippen molar-refractivity contribution in [3.05, 3.63) is 47.8 Å². The van der Waals surface area contributed by atoms with Gasteiger partial charge in [0.2, 0.25) is 5.91 Å². The van der Waals surface area contributed by atoms with Gasteiger partial charge in [0.15, 0.2) is 11.6 Å². The lowest BCUT2D eigenvalue weighted by Gasteiger charge is -2.04. The number of carbonyl (C=O) groups excluding carboxylic acids is 2. The lowest BCUT2D eigenvalue weighted by molar-refractivity contribution is -0.121. The zero-order valence-corrected chi connectivity index (χ0v) is 11.1. The summed E-state index contributed by atoms with van der Waals surface area (Å²) in [6.07, 6.45) is 2.71. The van der Waals surface area contributed by atoms with Crippen LogP contribution in [0.4, 0.5) is 14.5 Å². The molecule has 2 aromatic rings. The second-order valence-corrected chi connectivity index (χ2v) is 4.16. The van der Waals surface area contributed by atoms with E-state index in [1.54, 1.807) is 0 Å². The van der Waals surface area contributed by atoms with E-state index < -0.39 is 23.1 Å². The molecular weight excluding hydrogens is 282 g/mol. The van der Waals surface area contributed by atoms with Crippen LogP contribution in [0, 0.1) is 11.6 Å². The van der Waals surface area contributed by atoms with Crippen molar-refractivity contribution < 1.29 is 18.4 Å². The number of aromatic nitrogens is 2. The van der Waals surface area contributed by atoms with Crippen molar-refractivity contribution in [3.63, 3.8) is 0 Å². The van der Waals surface area contributed by atoms with Gasteiger partial charge in [-0.15, -0.1) is 0 Å². The standard InChI is InChI=1S/C13H12F2N4O2/c1-16-11(20)7-19-6-8(5-17-19)18-13(21)9-3-2-4-10(14)12(9)15/h2-6H,7H2,1H3,(H,16,20)(H,18,21). The van der Waals surface area contributed by atoms with Gasteiger partial charge in [0.05, 0.1) is 17.4 Å². The molecule has 1 aromatic heterocycles. The van der Waals surface area contributed by atoms with Gasteiger partial charge in [-0.2, -0.15) is 5.10 Å². The summed E-state index contributed by atoms with van der Waals surface area (Å²) in [7, 11) is 1.49. The first-order chi connectivity index (χ1) is 10.0. The van der Waals surface area contributed by atoms with Gasteiger partial charge in [-0.25, -0.2) is 8.78 Å². The molecule has 0 spiro atoms. The second-order valence-electron chi connectivity index (χ2n) is 4.16. The second kappa shape index (κ2) is 6.12. The summed E-state index contributed by atoms with van der Waals surface area (Å²) in [6, 6.07) is 3.33. The van der Waals surface area contributed by atoms with E-state index in [2.05, 4.69) is 15.7 Å². The van der Waals surface area contributed by atoms with E-state index in [1.807, 2.05) is 0 Å². The SMILES string of the molecule is CNC(=O)Cn1cc(NC(=O)c2cccc(F)c2F)cn1. The van der Waals surface area contributed by atoms with Crippen LogP contribution in [0.2, 0.25) is 0 Å². The first kappa shape index (κ1) is 14.6. The van der Waals surface area contributed by atoms with Gasteiger partial charge in [0.25, 0.3) is 5.91 Å². The molecule has 8 heteroatoms. The van der Waals surface area contributed by atoms with Crippen LogP contribution in [0.5, 0.6) is 0 Å². The van der Waals surface area contributed by atoms with Crippen LogP contribution in [0.1, 0.15) is 10.4 Å². The fourth-order valence-corrected chi connectivity index (χ4v) is 1.62. The van der Waals surface area contributed by atoms with Crippen molar-refractivity contribution in [1.82, 2.24) is 15.1 Å². The highest BCUT2D eigenvalue weighted by Crippen LogP contribution is 2.14. The average Bonchev–Trinajstić information content (AvgIpc) is 2.88. The van der Waals surface area contributed by atoms with Crippen LogP contribution in [0.3, 0.4) is 0 Å². The summed E-state index contributed by atoms with van der Waals surface area (Å²) in [5.74, 6) is -3.37. The molecule has 1 aromatic carbocycles. The maximum atomic E-state index is 13.5. The van der Waals surface area contributed by atoms with Gasteiger partial charge in [-0.1, -0.05) is 6.07 Å². The van der Waals surface area contributed by atoms with Crippen LogP contribution < -0.4 is 10.6 Å². The minimum absolute atomic E-state index is 0.0132. The number of amides is 2. The highest BCUT2D eigenvalue weighted by atomic mass is 19.2. The molecule has 0 aliphatic heterocycles. The minimum atomic E-state index is -1.22. The molecule has 0 aliphatic carbocycles. The smallest absolute Gasteiger partial charge is 0.258 e. The van der Waals surface area contributed by atoms with Crippen molar-refractivity contribution in [3.8, 4) is 0 Å². The third-order valence-electron chi connectivity index (χ3n) is 2.67. The molecule has 0 saturated carbocycles. The molecule has 1 heterocycles. The number of rotatable bonds is 4. The molecule has 0 bridgehead atoms. The number of halogens is 2.